The molecule has 1 heterocycles. The number of fused-ring (bicyclic) bond motifs is 1. The predicted molar refractivity (Wildman–Crippen MR) is 109 cm³/mol. The van der Waals surface area contributed by atoms with Gasteiger partial charge in [0.1, 0.15) is 11.4 Å². The Balaban J connectivity index is 1.57. The van der Waals surface area contributed by atoms with Gasteiger partial charge in [-0.2, -0.15) is 0 Å². The molecule has 0 bridgehead atoms. The average molecular weight is 391 g/mol. The van der Waals surface area contributed by atoms with Gasteiger partial charge in [0, 0.05) is 6.54 Å². The quantitative estimate of drug-likeness (QED) is 0.673. The molecule has 1 aliphatic heterocycles. The normalized spacial score (nSPS) is 19.2. The van der Waals surface area contributed by atoms with Gasteiger partial charge in [0.2, 0.25) is 0 Å². The number of hydrogen-bond donors (Lipinski definition) is 1. The molecule has 1 atom stereocenters. The van der Waals surface area contributed by atoms with Crippen molar-refractivity contribution in [3.8, 4) is 0 Å². The highest BCUT2D eigenvalue weighted by molar-refractivity contribution is 6.09. The van der Waals surface area contributed by atoms with Crippen LogP contribution in [0.2, 0.25) is 0 Å². The molecule has 1 saturated heterocycles. The first-order valence-corrected chi connectivity index (χ1v) is 9.44. The fourth-order valence-electron chi connectivity index (χ4n) is 3.86. The highest BCUT2D eigenvalue weighted by atomic mass is 19.1. The van der Waals surface area contributed by atoms with E-state index >= 15 is 0 Å². The molecule has 0 saturated carbocycles. The van der Waals surface area contributed by atoms with Crippen molar-refractivity contribution >= 4 is 22.7 Å². The van der Waals surface area contributed by atoms with Crippen molar-refractivity contribution in [2.75, 3.05) is 13.7 Å². The van der Waals surface area contributed by atoms with Crippen molar-refractivity contribution in [2.24, 2.45) is 0 Å². The Bertz CT molecular complexity index is 1080. The number of rotatable bonds is 5. The minimum absolute atomic E-state index is 0.141. The molecule has 0 unspecified atom stereocenters. The zero-order valence-electron chi connectivity index (χ0n) is 16.4. The van der Waals surface area contributed by atoms with Crippen LogP contribution >= 0.6 is 0 Å². The summed E-state index contributed by atoms with van der Waals surface area (Å²) in [5, 5.41) is 4.83. The van der Waals surface area contributed by atoms with E-state index in [1.165, 1.54) is 17.0 Å². The molecule has 0 radical (unpaired) electrons. The number of urea groups is 1. The monoisotopic (exact) mass is 391 g/mol. The lowest BCUT2D eigenvalue weighted by Crippen LogP contribution is -2.43. The Hall–Kier alpha value is -3.25. The third-order valence-electron chi connectivity index (χ3n) is 5.35. The number of carbonyl (C=O) groups is 2. The van der Waals surface area contributed by atoms with Gasteiger partial charge < -0.3 is 5.32 Å². The summed E-state index contributed by atoms with van der Waals surface area (Å²) in [5.74, 6) is -0.582. The van der Waals surface area contributed by atoms with Crippen molar-refractivity contribution in [1.29, 1.82) is 0 Å². The van der Waals surface area contributed by atoms with Gasteiger partial charge in [0.15, 0.2) is 0 Å². The van der Waals surface area contributed by atoms with Crippen LogP contribution in [0, 0.1) is 5.82 Å². The molecule has 0 spiro atoms. The van der Waals surface area contributed by atoms with E-state index in [1.807, 2.05) is 54.4 Å². The largest absolute Gasteiger partial charge is 0.326 e. The summed E-state index contributed by atoms with van der Waals surface area (Å²) in [4.78, 5) is 29.0. The highest BCUT2D eigenvalue weighted by Crippen LogP contribution is 2.33. The SMILES string of the molecule is CN(Cc1ccc(F)cc1)CN1C(=O)N[C@](C)(c2cccc3ccccc23)C1=O. The Morgan fingerprint density at radius 1 is 1.00 bits per heavy atom. The van der Waals surface area contributed by atoms with Gasteiger partial charge in [-0.25, -0.2) is 14.1 Å². The smallest absolute Gasteiger partial charge is 0.319 e. The van der Waals surface area contributed by atoms with Crippen LogP contribution < -0.4 is 5.32 Å². The summed E-state index contributed by atoms with van der Waals surface area (Å²) < 4.78 is 13.1. The molecule has 1 fully saturated rings. The van der Waals surface area contributed by atoms with Crippen LogP contribution in [0.25, 0.3) is 10.8 Å². The van der Waals surface area contributed by atoms with Gasteiger partial charge in [-0.15, -0.1) is 0 Å². The van der Waals surface area contributed by atoms with E-state index in [2.05, 4.69) is 5.32 Å². The maximum atomic E-state index is 13.3. The lowest BCUT2D eigenvalue weighted by atomic mass is 9.88. The Morgan fingerprint density at radius 2 is 1.69 bits per heavy atom. The third-order valence-corrected chi connectivity index (χ3v) is 5.35. The van der Waals surface area contributed by atoms with E-state index in [9.17, 15) is 14.0 Å². The number of imide groups is 1. The first kappa shape index (κ1) is 19.1. The molecule has 29 heavy (non-hydrogen) atoms. The first-order chi connectivity index (χ1) is 13.9. The fraction of sp³-hybridized carbons (Fsp3) is 0.217. The molecule has 1 aliphatic rings. The molecule has 4 rings (SSSR count). The zero-order chi connectivity index (χ0) is 20.6. The standard InChI is InChI=1S/C23H22FN3O2/c1-23(20-9-5-7-17-6-3-4-8-19(17)20)21(28)27(22(29)25-23)15-26(2)14-16-10-12-18(24)13-11-16/h3-13H,14-15H2,1-2H3,(H,25,29)/t23-/m1/s1. The van der Waals surface area contributed by atoms with E-state index in [4.69, 9.17) is 0 Å². The molecule has 3 amide bonds. The van der Waals surface area contributed by atoms with Crippen LogP contribution in [0.4, 0.5) is 9.18 Å². The van der Waals surface area contributed by atoms with Crippen LogP contribution in [0.15, 0.2) is 66.7 Å². The van der Waals surface area contributed by atoms with E-state index < -0.39 is 11.6 Å². The van der Waals surface area contributed by atoms with Gasteiger partial charge in [0.05, 0.1) is 6.67 Å². The molecule has 0 aliphatic carbocycles. The van der Waals surface area contributed by atoms with Crippen LogP contribution in [0.1, 0.15) is 18.1 Å². The van der Waals surface area contributed by atoms with E-state index in [-0.39, 0.29) is 18.4 Å². The lowest BCUT2D eigenvalue weighted by molar-refractivity contribution is -0.132. The van der Waals surface area contributed by atoms with Crippen molar-refractivity contribution in [1.82, 2.24) is 15.1 Å². The number of hydrogen-bond acceptors (Lipinski definition) is 3. The van der Waals surface area contributed by atoms with E-state index in [0.29, 0.717) is 6.54 Å². The highest BCUT2D eigenvalue weighted by Gasteiger charge is 2.49. The number of halogens is 1. The zero-order valence-corrected chi connectivity index (χ0v) is 16.4. The molecule has 148 valence electrons. The van der Waals surface area contributed by atoms with Gasteiger partial charge in [-0.05, 0) is 48.0 Å². The van der Waals surface area contributed by atoms with Crippen LogP contribution in [0.5, 0.6) is 0 Å². The second kappa shape index (κ2) is 7.29. The Kier molecular flexibility index (Phi) is 4.80. The third kappa shape index (κ3) is 3.47. The molecular weight excluding hydrogens is 369 g/mol. The Morgan fingerprint density at radius 3 is 2.45 bits per heavy atom. The average Bonchev–Trinajstić information content (AvgIpc) is 2.93. The van der Waals surface area contributed by atoms with E-state index in [0.717, 1.165) is 21.9 Å². The maximum Gasteiger partial charge on any atom is 0.326 e. The summed E-state index contributed by atoms with van der Waals surface area (Å²) in [7, 11) is 1.82. The van der Waals surface area contributed by atoms with Gasteiger partial charge in [-0.3, -0.25) is 9.69 Å². The fourth-order valence-corrected chi connectivity index (χ4v) is 3.86. The number of nitrogens with one attached hydrogen (secondary N) is 1. The summed E-state index contributed by atoms with van der Waals surface area (Å²) in [6.45, 7) is 2.37. The summed E-state index contributed by atoms with van der Waals surface area (Å²) >= 11 is 0. The molecule has 0 aromatic heterocycles. The molecule has 3 aromatic rings. The van der Waals surface area contributed by atoms with Gasteiger partial charge in [0.25, 0.3) is 5.91 Å². The second-order valence-electron chi connectivity index (χ2n) is 7.60. The predicted octanol–water partition coefficient (Wildman–Crippen LogP) is 3.84. The number of amides is 3. The number of nitrogens with zero attached hydrogens (tertiary/aromatic N) is 2. The lowest BCUT2D eigenvalue weighted by Gasteiger charge is -2.25. The minimum Gasteiger partial charge on any atom is -0.319 e. The number of carbonyl (C=O) groups excluding carboxylic acids is 2. The molecule has 1 N–H and O–H groups in total. The van der Waals surface area contributed by atoms with Crippen molar-refractivity contribution < 1.29 is 14.0 Å². The van der Waals surface area contributed by atoms with Crippen molar-refractivity contribution in [3.05, 3.63) is 83.7 Å². The van der Waals surface area contributed by atoms with Crippen molar-refractivity contribution in [3.63, 3.8) is 0 Å². The van der Waals surface area contributed by atoms with Gasteiger partial charge >= 0.3 is 6.03 Å². The molecule has 6 heteroatoms. The van der Waals surface area contributed by atoms with Crippen LogP contribution in [0.3, 0.4) is 0 Å². The molecule has 5 nitrogen and oxygen atoms in total. The number of benzene rings is 3. The van der Waals surface area contributed by atoms with Crippen LogP contribution in [-0.2, 0) is 16.9 Å². The molecular formula is C23H22FN3O2. The topological polar surface area (TPSA) is 52.6 Å². The minimum atomic E-state index is -1.13. The summed E-state index contributed by atoms with van der Waals surface area (Å²) in [6, 6.07) is 19.3. The van der Waals surface area contributed by atoms with Crippen LogP contribution in [-0.4, -0.2) is 35.5 Å². The first-order valence-electron chi connectivity index (χ1n) is 9.44. The molecule has 3 aromatic carbocycles. The second-order valence-corrected chi connectivity index (χ2v) is 7.60. The summed E-state index contributed by atoms with van der Waals surface area (Å²) in [6.07, 6.45) is 0. The Labute approximate surface area is 168 Å². The maximum absolute atomic E-state index is 13.3. The summed E-state index contributed by atoms with van der Waals surface area (Å²) in [5.41, 5.74) is 0.546. The van der Waals surface area contributed by atoms with Gasteiger partial charge in [-0.1, -0.05) is 54.6 Å². The van der Waals surface area contributed by atoms with Crippen molar-refractivity contribution in [2.45, 2.75) is 19.0 Å². The van der Waals surface area contributed by atoms with E-state index in [1.54, 1.807) is 19.1 Å².